The molecule has 0 aromatic heterocycles. The molecule has 638 valence electrons. The minimum atomic E-state index is 1.04. The molecule has 0 aliphatic carbocycles. The second-order valence-corrected chi connectivity index (χ2v) is 33.4. The zero-order valence-electron chi connectivity index (χ0n) is 74.2. The van der Waals surface area contributed by atoms with Gasteiger partial charge in [-0.3, -0.25) is 0 Å². The summed E-state index contributed by atoms with van der Waals surface area (Å²) in [5.74, 6) is 0. The van der Waals surface area contributed by atoms with Crippen LogP contribution >= 0.6 is 0 Å². The highest BCUT2D eigenvalue weighted by Gasteiger charge is 2.23. The predicted molar refractivity (Wildman–Crippen MR) is 567 cm³/mol. The Bertz CT molecular complexity index is 6460. The number of hydrogen-bond acceptors (Lipinski definition) is 7. The van der Waals surface area contributed by atoms with Crippen molar-refractivity contribution in [1.82, 2.24) is 0 Å². The molecular weight excluding hydrogens is 1620 g/mol. The van der Waals surface area contributed by atoms with Crippen molar-refractivity contribution in [3.8, 4) is 66.8 Å². The minimum Gasteiger partial charge on any atom is -0.311 e. The summed E-state index contributed by atoms with van der Waals surface area (Å²) in [4.78, 5) is 16.3. The van der Waals surface area contributed by atoms with Crippen LogP contribution in [0.3, 0.4) is 0 Å². The van der Waals surface area contributed by atoms with Gasteiger partial charge in [0.05, 0.1) is 0 Å². The highest BCUT2D eigenvalue weighted by molar-refractivity contribution is 5.89. The Kier molecular flexibility index (Phi) is 24.0. The van der Waals surface area contributed by atoms with Crippen molar-refractivity contribution in [3.63, 3.8) is 0 Å². The Morgan fingerprint density at radius 1 is 0.0821 bits per heavy atom. The topological polar surface area (TPSA) is 22.7 Å². The second-order valence-electron chi connectivity index (χ2n) is 33.4. The summed E-state index contributed by atoms with van der Waals surface area (Å²) in [7, 11) is 0. The van der Waals surface area contributed by atoms with Crippen LogP contribution in [0.4, 0.5) is 119 Å². The lowest BCUT2D eigenvalue weighted by Gasteiger charge is -2.27. The first-order valence-corrected chi connectivity index (χ1v) is 45.7. The van der Waals surface area contributed by atoms with E-state index in [2.05, 4.69) is 599 Å². The number of nitrogens with zero attached hydrogens (tertiary/aromatic N) is 7. The first-order valence-electron chi connectivity index (χ1n) is 45.7. The number of rotatable bonds is 27. The van der Waals surface area contributed by atoms with Crippen molar-refractivity contribution in [3.05, 3.63) is 564 Å². The monoisotopic (exact) mass is 1720 g/mol. The number of para-hydroxylation sites is 8. The lowest BCUT2D eigenvalue weighted by atomic mass is 10.0. The Morgan fingerprint density at radius 2 is 0.157 bits per heavy atom. The van der Waals surface area contributed by atoms with Crippen molar-refractivity contribution in [2.24, 2.45) is 0 Å². The van der Waals surface area contributed by atoms with E-state index in [-0.39, 0.29) is 0 Å². The van der Waals surface area contributed by atoms with Crippen LogP contribution in [0.25, 0.3) is 66.8 Å². The molecule has 7 heteroatoms. The van der Waals surface area contributed by atoms with Gasteiger partial charge in [-0.2, -0.15) is 0 Å². The summed E-state index contributed by atoms with van der Waals surface area (Å²) in [6.07, 6.45) is 0. The van der Waals surface area contributed by atoms with Crippen molar-refractivity contribution in [1.29, 1.82) is 0 Å². The quantitative estimate of drug-likeness (QED) is 0.0505. The SMILES string of the molecule is Cc1ccc(N(c2ccc(-c3ccc(N(c4ccc(-c5ccc(N(c6ccccc6)c6ccccc6)cc5)cc4)c4ccc(-c5ccc(N(c6ccccc6)c6ccccc6)cc5)cc4)cc3)cc2)c2ccc(-c3ccc(N(c4ccc(-c5ccc(N(c6ccccc6)c6ccccc6)cc5)cc4)c4ccc(-c5ccc(N(c6ccccc6)c6ccccc6)cc5)cc4)cc3)cc2)cc1. The van der Waals surface area contributed by atoms with E-state index in [4.69, 9.17) is 0 Å². The number of hydrogen-bond donors (Lipinski definition) is 0. The average molecular weight is 1720 g/mol. The molecule has 0 saturated carbocycles. The predicted octanol–water partition coefficient (Wildman–Crippen LogP) is 36.3. The number of anilines is 21. The van der Waals surface area contributed by atoms with E-state index < -0.39 is 0 Å². The van der Waals surface area contributed by atoms with E-state index in [1.54, 1.807) is 0 Å². The molecule has 21 rings (SSSR count). The molecule has 0 radical (unpaired) electrons. The maximum absolute atomic E-state index is 2.36. The van der Waals surface area contributed by atoms with Crippen LogP contribution in [-0.2, 0) is 0 Å². The first kappa shape index (κ1) is 83.1. The highest BCUT2D eigenvalue weighted by atomic mass is 15.2. The molecule has 0 unspecified atom stereocenters. The van der Waals surface area contributed by atoms with E-state index in [1.807, 2.05) is 0 Å². The summed E-state index contributed by atoms with van der Waals surface area (Å²) in [6.45, 7) is 2.14. The average Bonchev–Trinajstić information content (AvgIpc) is 0.788. The summed E-state index contributed by atoms with van der Waals surface area (Å²) in [5, 5.41) is 0. The molecule has 0 aliphatic rings. The summed E-state index contributed by atoms with van der Waals surface area (Å²) < 4.78 is 0. The molecule has 134 heavy (non-hydrogen) atoms. The molecule has 0 bridgehead atoms. The number of aryl methyl sites for hydroxylation is 1. The van der Waals surface area contributed by atoms with Crippen LogP contribution in [0.2, 0.25) is 0 Å². The van der Waals surface area contributed by atoms with E-state index in [0.717, 1.165) is 186 Å². The van der Waals surface area contributed by atoms with Gasteiger partial charge in [-0.15, -0.1) is 0 Å². The molecule has 0 spiro atoms. The smallest absolute Gasteiger partial charge is 0.0462 e. The van der Waals surface area contributed by atoms with Gasteiger partial charge in [0, 0.05) is 119 Å². The van der Waals surface area contributed by atoms with Gasteiger partial charge < -0.3 is 34.3 Å². The standard InChI is InChI=1S/C127H95N7/c1-94-42-68-115(69-43-94)132(120-78-52-99(53-79-120)105-64-90-126(91-65-105)133(122-82-56-101(57-83-122)95-44-70-116(71-45-95)128(107-26-10-2-11-27-107)108-28-12-3-13-29-108)123-84-58-102(59-85-123)96-46-72-117(73-47-96)129(109-30-14-4-15-31-109)110-32-16-5-17-33-110)121-80-54-100(55-81-121)106-66-92-127(93-67-106)134(124-86-60-103(61-87-124)97-48-74-118(75-49-97)130(111-34-18-6-19-35-111)112-36-20-7-21-37-112)125-88-62-104(63-89-125)98-50-76-119(77-51-98)131(113-38-22-8-23-39-113)114-40-24-9-25-41-114/h2-93H,1H3. The van der Waals surface area contributed by atoms with Crippen LogP contribution < -0.4 is 34.3 Å². The zero-order chi connectivity index (χ0) is 89.7. The maximum Gasteiger partial charge on any atom is 0.0462 e. The fraction of sp³-hybridized carbons (Fsp3) is 0.00787. The van der Waals surface area contributed by atoms with Crippen LogP contribution in [0.1, 0.15) is 5.56 Å². The van der Waals surface area contributed by atoms with Crippen molar-refractivity contribution in [2.45, 2.75) is 6.92 Å². The third-order valence-electron chi connectivity index (χ3n) is 24.9. The molecule has 0 fully saturated rings. The van der Waals surface area contributed by atoms with Gasteiger partial charge in [0.1, 0.15) is 0 Å². The summed E-state index contributed by atoms with van der Waals surface area (Å²) in [6, 6.07) is 201. The zero-order valence-corrected chi connectivity index (χ0v) is 74.2. The van der Waals surface area contributed by atoms with Gasteiger partial charge in [-0.05, 0) is 328 Å². The molecule has 0 N–H and O–H groups in total. The summed E-state index contributed by atoms with van der Waals surface area (Å²) in [5.41, 5.74) is 37.4. The van der Waals surface area contributed by atoms with Crippen molar-refractivity contribution < 1.29 is 0 Å². The minimum absolute atomic E-state index is 1.04. The molecule has 0 atom stereocenters. The van der Waals surface area contributed by atoms with E-state index >= 15 is 0 Å². The third kappa shape index (κ3) is 18.1. The van der Waals surface area contributed by atoms with Crippen LogP contribution in [0.15, 0.2) is 558 Å². The molecule has 0 saturated heterocycles. The van der Waals surface area contributed by atoms with Crippen LogP contribution in [0, 0.1) is 6.92 Å². The Hall–Kier alpha value is -17.8. The van der Waals surface area contributed by atoms with Gasteiger partial charge in [-0.1, -0.05) is 309 Å². The Balaban J connectivity index is 0.555. The van der Waals surface area contributed by atoms with Crippen molar-refractivity contribution >= 4 is 119 Å². The molecule has 0 heterocycles. The van der Waals surface area contributed by atoms with Gasteiger partial charge in [0.2, 0.25) is 0 Å². The van der Waals surface area contributed by atoms with Crippen molar-refractivity contribution in [2.75, 3.05) is 34.3 Å². The molecule has 7 nitrogen and oxygen atoms in total. The van der Waals surface area contributed by atoms with E-state index in [1.165, 1.54) is 5.56 Å². The largest absolute Gasteiger partial charge is 0.311 e. The lowest BCUT2D eigenvalue weighted by Crippen LogP contribution is -2.10. The maximum atomic E-state index is 2.36. The van der Waals surface area contributed by atoms with E-state index in [0.29, 0.717) is 0 Å². The van der Waals surface area contributed by atoms with Gasteiger partial charge in [-0.25, -0.2) is 0 Å². The highest BCUT2D eigenvalue weighted by Crippen LogP contribution is 2.47. The molecule has 0 aliphatic heterocycles. The summed E-state index contributed by atoms with van der Waals surface area (Å²) >= 11 is 0. The van der Waals surface area contributed by atoms with Crippen LogP contribution in [0.5, 0.6) is 0 Å². The van der Waals surface area contributed by atoms with Gasteiger partial charge in [0.15, 0.2) is 0 Å². The molecule has 21 aromatic carbocycles. The van der Waals surface area contributed by atoms with Gasteiger partial charge >= 0.3 is 0 Å². The van der Waals surface area contributed by atoms with Gasteiger partial charge in [0.25, 0.3) is 0 Å². The molecule has 0 amide bonds. The fourth-order valence-corrected chi connectivity index (χ4v) is 18.1. The van der Waals surface area contributed by atoms with E-state index in [9.17, 15) is 0 Å². The first-order chi connectivity index (χ1) is 66.3. The van der Waals surface area contributed by atoms with Crippen LogP contribution in [-0.4, -0.2) is 0 Å². The normalized spacial score (nSPS) is 11.0. The Morgan fingerprint density at radius 3 is 0.246 bits per heavy atom. The second kappa shape index (κ2) is 38.6. The Labute approximate surface area is 785 Å². The molecule has 21 aromatic rings. The third-order valence-corrected chi connectivity index (χ3v) is 24.9. The molecular formula is C127H95N7. The lowest BCUT2D eigenvalue weighted by molar-refractivity contribution is 1.27. The fourth-order valence-electron chi connectivity index (χ4n) is 18.1. The number of benzene rings is 21.